The van der Waals surface area contributed by atoms with Gasteiger partial charge in [-0.3, -0.25) is 4.79 Å². The SMILES string of the molecule is CC1=C(C(=O)c2ccc(Cl)cc2)Sc2ccc(Cl)cc2N1. The predicted molar refractivity (Wildman–Crippen MR) is 89.4 cm³/mol. The molecule has 0 radical (unpaired) electrons. The molecule has 2 nitrogen and oxygen atoms in total. The number of halogens is 2. The van der Waals surface area contributed by atoms with Crippen molar-refractivity contribution in [3.8, 4) is 0 Å². The second kappa shape index (κ2) is 5.76. The number of rotatable bonds is 2. The molecular formula is C16H11Cl2NOS. The van der Waals surface area contributed by atoms with Gasteiger partial charge in [0, 0.05) is 26.2 Å². The fourth-order valence-corrected chi connectivity index (χ4v) is 3.37. The number of anilines is 1. The maximum absolute atomic E-state index is 12.6. The summed E-state index contributed by atoms with van der Waals surface area (Å²) in [5, 5.41) is 4.53. The van der Waals surface area contributed by atoms with Crippen LogP contribution in [0.3, 0.4) is 0 Å². The molecule has 21 heavy (non-hydrogen) atoms. The van der Waals surface area contributed by atoms with Crippen molar-refractivity contribution in [1.82, 2.24) is 0 Å². The number of nitrogens with one attached hydrogen (secondary N) is 1. The molecular weight excluding hydrogens is 325 g/mol. The van der Waals surface area contributed by atoms with Crippen LogP contribution in [0.2, 0.25) is 10.0 Å². The van der Waals surface area contributed by atoms with Crippen LogP contribution in [0.25, 0.3) is 0 Å². The highest BCUT2D eigenvalue weighted by Crippen LogP contribution is 2.41. The number of Topliss-reactive ketones (excluding diaryl/α,β-unsaturated/α-hetero) is 1. The number of fused-ring (bicyclic) bond motifs is 1. The molecule has 1 heterocycles. The summed E-state index contributed by atoms with van der Waals surface area (Å²) >= 11 is 13.3. The molecule has 1 aliphatic rings. The van der Waals surface area contributed by atoms with Crippen molar-refractivity contribution in [3.63, 3.8) is 0 Å². The zero-order chi connectivity index (χ0) is 15.0. The van der Waals surface area contributed by atoms with Crippen LogP contribution in [-0.4, -0.2) is 5.78 Å². The van der Waals surface area contributed by atoms with Crippen LogP contribution in [0.15, 0.2) is 58.0 Å². The van der Waals surface area contributed by atoms with E-state index in [1.807, 2.05) is 25.1 Å². The van der Waals surface area contributed by atoms with Crippen molar-refractivity contribution >= 4 is 46.4 Å². The van der Waals surface area contributed by atoms with Crippen LogP contribution >= 0.6 is 35.0 Å². The van der Waals surface area contributed by atoms with Crippen LogP contribution in [-0.2, 0) is 0 Å². The Labute approximate surface area is 137 Å². The Morgan fingerprint density at radius 2 is 1.71 bits per heavy atom. The van der Waals surface area contributed by atoms with Gasteiger partial charge in [-0.15, -0.1) is 0 Å². The van der Waals surface area contributed by atoms with E-state index in [0.29, 0.717) is 20.5 Å². The molecule has 1 N–H and O–H groups in total. The average molecular weight is 336 g/mol. The van der Waals surface area contributed by atoms with Crippen LogP contribution in [0, 0.1) is 0 Å². The summed E-state index contributed by atoms with van der Waals surface area (Å²) in [6.07, 6.45) is 0. The van der Waals surface area contributed by atoms with E-state index in [2.05, 4.69) is 5.32 Å². The summed E-state index contributed by atoms with van der Waals surface area (Å²) in [6.45, 7) is 1.89. The Kier molecular flexibility index (Phi) is 3.98. The van der Waals surface area contributed by atoms with Gasteiger partial charge in [-0.1, -0.05) is 35.0 Å². The monoisotopic (exact) mass is 335 g/mol. The smallest absolute Gasteiger partial charge is 0.201 e. The summed E-state index contributed by atoms with van der Waals surface area (Å²) in [7, 11) is 0. The maximum atomic E-state index is 12.6. The molecule has 0 spiro atoms. The molecule has 0 aliphatic carbocycles. The van der Waals surface area contributed by atoms with E-state index in [1.54, 1.807) is 24.3 Å². The number of hydrogen-bond donors (Lipinski definition) is 1. The minimum atomic E-state index is -0.0118. The minimum Gasteiger partial charge on any atom is -0.357 e. The van der Waals surface area contributed by atoms with Gasteiger partial charge in [0.2, 0.25) is 5.78 Å². The highest BCUT2D eigenvalue weighted by Gasteiger charge is 2.22. The van der Waals surface area contributed by atoms with Gasteiger partial charge in [0.15, 0.2) is 0 Å². The number of hydrogen-bond acceptors (Lipinski definition) is 3. The lowest BCUT2D eigenvalue weighted by Crippen LogP contribution is -2.12. The highest BCUT2D eigenvalue weighted by molar-refractivity contribution is 8.04. The third kappa shape index (κ3) is 2.95. The Morgan fingerprint density at radius 1 is 1.05 bits per heavy atom. The summed E-state index contributed by atoms with van der Waals surface area (Å²) < 4.78 is 0. The first-order chi connectivity index (χ1) is 10.0. The quantitative estimate of drug-likeness (QED) is 0.721. The van der Waals surface area contributed by atoms with Gasteiger partial charge >= 0.3 is 0 Å². The van der Waals surface area contributed by atoms with Crippen molar-refractivity contribution in [3.05, 3.63) is 68.7 Å². The van der Waals surface area contributed by atoms with Gasteiger partial charge in [-0.05, 0) is 49.4 Å². The van der Waals surface area contributed by atoms with Crippen LogP contribution in [0.4, 0.5) is 5.69 Å². The first-order valence-electron chi connectivity index (χ1n) is 6.30. The fraction of sp³-hybridized carbons (Fsp3) is 0.0625. The molecule has 0 saturated heterocycles. The Bertz CT molecular complexity index is 753. The molecule has 0 bridgehead atoms. The Hall–Kier alpha value is -1.42. The maximum Gasteiger partial charge on any atom is 0.201 e. The number of carbonyl (C=O) groups excluding carboxylic acids is 1. The molecule has 0 unspecified atom stereocenters. The Morgan fingerprint density at radius 3 is 2.43 bits per heavy atom. The molecule has 0 amide bonds. The summed E-state index contributed by atoms with van der Waals surface area (Å²) in [6, 6.07) is 12.5. The second-order valence-corrected chi connectivity index (χ2v) is 6.58. The molecule has 106 valence electrons. The number of ketones is 1. The Balaban J connectivity index is 1.94. The van der Waals surface area contributed by atoms with Gasteiger partial charge in [0.05, 0.1) is 10.6 Å². The van der Waals surface area contributed by atoms with Gasteiger partial charge in [0.1, 0.15) is 0 Å². The van der Waals surface area contributed by atoms with E-state index in [4.69, 9.17) is 23.2 Å². The fourth-order valence-electron chi connectivity index (χ4n) is 2.08. The molecule has 2 aromatic rings. The van der Waals surface area contributed by atoms with Crippen molar-refractivity contribution in [2.24, 2.45) is 0 Å². The zero-order valence-corrected chi connectivity index (χ0v) is 13.4. The molecule has 0 fully saturated rings. The molecule has 2 aromatic carbocycles. The van der Waals surface area contributed by atoms with Gasteiger partial charge in [-0.2, -0.15) is 0 Å². The van der Waals surface area contributed by atoms with E-state index in [1.165, 1.54) is 11.8 Å². The largest absolute Gasteiger partial charge is 0.357 e. The standard InChI is InChI=1S/C16H11Cl2NOS/c1-9-16(15(20)10-2-4-11(17)5-3-10)21-14-7-6-12(18)8-13(14)19-9/h2-8,19H,1H3. The lowest BCUT2D eigenvalue weighted by Gasteiger charge is -2.21. The highest BCUT2D eigenvalue weighted by atomic mass is 35.5. The third-order valence-corrected chi connectivity index (χ3v) is 4.89. The van der Waals surface area contributed by atoms with Gasteiger partial charge in [0.25, 0.3) is 0 Å². The topological polar surface area (TPSA) is 29.1 Å². The molecule has 0 aromatic heterocycles. The first kappa shape index (κ1) is 14.5. The van der Waals surface area contributed by atoms with Crippen molar-refractivity contribution < 1.29 is 4.79 Å². The molecule has 0 atom stereocenters. The van der Waals surface area contributed by atoms with E-state index >= 15 is 0 Å². The van der Waals surface area contributed by atoms with E-state index in [0.717, 1.165) is 16.3 Å². The molecule has 0 saturated carbocycles. The van der Waals surface area contributed by atoms with Crippen molar-refractivity contribution in [1.29, 1.82) is 0 Å². The normalized spacial score (nSPS) is 13.7. The summed E-state index contributed by atoms with van der Waals surface area (Å²) in [4.78, 5) is 14.3. The van der Waals surface area contributed by atoms with Crippen molar-refractivity contribution in [2.75, 3.05) is 5.32 Å². The first-order valence-corrected chi connectivity index (χ1v) is 7.87. The third-order valence-electron chi connectivity index (χ3n) is 3.13. The minimum absolute atomic E-state index is 0.0118. The zero-order valence-electron chi connectivity index (χ0n) is 11.1. The van der Waals surface area contributed by atoms with E-state index < -0.39 is 0 Å². The molecule has 5 heteroatoms. The number of carbonyl (C=O) groups is 1. The van der Waals surface area contributed by atoms with Gasteiger partial charge in [-0.25, -0.2) is 0 Å². The summed E-state index contributed by atoms with van der Waals surface area (Å²) in [5.74, 6) is -0.0118. The van der Waals surface area contributed by atoms with Crippen LogP contribution < -0.4 is 5.32 Å². The lowest BCUT2D eigenvalue weighted by atomic mass is 10.1. The predicted octanol–water partition coefficient (Wildman–Crippen LogP) is 5.63. The second-order valence-electron chi connectivity index (χ2n) is 4.66. The number of benzene rings is 2. The average Bonchev–Trinajstić information content (AvgIpc) is 2.46. The molecule has 1 aliphatic heterocycles. The summed E-state index contributed by atoms with van der Waals surface area (Å²) in [5.41, 5.74) is 2.38. The number of thioether (sulfide) groups is 1. The lowest BCUT2D eigenvalue weighted by molar-refractivity contribution is 0.104. The van der Waals surface area contributed by atoms with Gasteiger partial charge < -0.3 is 5.32 Å². The van der Waals surface area contributed by atoms with Crippen LogP contribution in [0.1, 0.15) is 17.3 Å². The van der Waals surface area contributed by atoms with E-state index in [-0.39, 0.29) is 5.78 Å². The van der Waals surface area contributed by atoms with Crippen LogP contribution in [0.5, 0.6) is 0 Å². The van der Waals surface area contributed by atoms with E-state index in [9.17, 15) is 4.79 Å². The van der Waals surface area contributed by atoms with Crippen molar-refractivity contribution in [2.45, 2.75) is 11.8 Å². The molecule has 3 rings (SSSR count). The number of allylic oxidation sites excluding steroid dienone is 2.